The monoisotopic (exact) mass is 390 g/mol. The molecule has 27 heavy (non-hydrogen) atoms. The molecule has 0 saturated carbocycles. The zero-order valence-electron chi connectivity index (χ0n) is 16.7. The van der Waals surface area contributed by atoms with Crippen molar-refractivity contribution in [2.75, 3.05) is 46.4 Å². The smallest absolute Gasteiger partial charge is 0.264 e. The number of carbonyl (C=O) groups excluding carboxylic acids is 1. The lowest BCUT2D eigenvalue weighted by Crippen LogP contribution is -2.42. The van der Waals surface area contributed by atoms with Crippen LogP contribution in [0.3, 0.4) is 0 Å². The van der Waals surface area contributed by atoms with Crippen molar-refractivity contribution in [2.24, 2.45) is 5.41 Å². The molecular formula is C21H30N2O3S. The van der Waals surface area contributed by atoms with E-state index < -0.39 is 0 Å². The van der Waals surface area contributed by atoms with Crippen LogP contribution >= 0.6 is 11.3 Å². The number of morpholine rings is 1. The topological polar surface area (TPSA) is 53.0 Å². The van der Waals surface area contributed by atoms with Gasteiger partial charge in [0.1, 0.15) is 0 Å². The van der Waals surface area contributed by atoms with Gasteiger partial charge in [-0.15, -0.1) is 11.3 Å². The van der Waals surface area contributed by atoms with Gasteiger partial charge in [0, 0.05) is 43.5 Å². The average molecular weight is 391 g/mol. The Labute approximate surface area is 165 Å². The number of nitrogens with zero attached hydrogens (tertiary/aromatic N) is 2. The molecule has 1 aromatic carbocycles. The third kappa shape index (κ3) is 4.69. The van der Waals surface area contributed by atoms with Gasteiger partial charge in [-0.3, -0.25) is 9.69 Å². The van der Waals surface area contributed by atoms with Crippen molar-refractivity contribution >= 4 is 27.3 Å². The number of hydrogen-bond donors (Lipinski definition) is 1. The van der Waals surface area contributed by atoms with Crippen LogP contribution in [-0.4, -0.2) is 67.3 Å². The van der Waals surface area contributed by atoms with Crippen LogP contribution in [-0.2, 0) is 4.74 Å². The normalized spacial score (nSPS) is 18.8. The molecule has 0 bridgehead atoms. The van der Waals surface area contributed by atoms with E-state index in [-0.39, 0.29) is 24.0 Å². The van der Waals surface area contributed by atoms with Crippen LogP contribution in [0.5, 0.6) is 0 Å². The zero-order valence-corrected chi connectivity index (χ0v) is 17.5. The van der Waals surface area contributed by atoms with E-state index in [4.69, 9.17) is 4.74 Å². The van der Waals surface area contributed by atoms with Gasteiger partial charge in [0.2, 0.25) is 0 Å². The fourth-order valence-corrected chi connectivity index (χ4v) is 4.91. The number of amides is 1. The third-order valence-corrected chi connectivity index (χ3v) is 5.96. The van der Waals surface area contributed by atoms with Crippen molar-refractivity contribution in [1.29, 1.82) is 0 Å². The highest BCUT2D eigenvalue weighted by atomic mass is 32.1. The molecule has 1 atom stereocenters. The molecule has 1 aliphatic rings. The van der Waals surface area contributed by atoms with Gasteiger partial charge in [-0.25, -0.2) is 0 Å². The van der Waals surface area contributed by atoms with E-state index in [0.29, 0.717) is 13.2 Å². The summed E-state index contributed by atoms with van der Waals surface area (Å²) in [5.41, 5.74) is 1.22. The summed E-state index contributed by atoms with van der Waals surface area (Å²) >= 11 is 1.52. The summed E-state index contributed by atoms with van der Waals surface area (Å²) in [6.45, 7) is 10.4. The Morgan fingerprint density at radius 1 is 1.37 bits per heavy atom. The third-order valence-electron chi connectivity index (χ3n) is 4.78. The Morgan fingerprint density at radius 2 is 2.11 bits per heavy atom. The van der Waals surface area contributed by atoms with Gasteiger partial charge in [0.15, 0.2) is 0 Å². The first-order valence-corrected chi connectivity index (χ1v) is 10.3. The van der Waals surface area contributed by atoms with Crippen LogP contribution in [0.25, 0.3) is 10.1 Å². The van der Waals surface area contributed by atoms with Gasteiger partial charge in [-0.05, 0) is 16.9 Å². The standard InChI is InChI=1S/C21H30N2O3S/c1-21(2,3)14-23-10-12-26-16(13-23)18-15-7-5-6-8-17(15)27-19(18)20(25)22(4)9-11-24/h5-8,16,24H,9-14H2,1-4H3/t16-/m1/s1. The predicted octanol–water partition coefficient (Wildman–Crippen LogP) is 3.39. The molecule has 2 aromatic rings. The lowest BCUT2D eigenvalue weighted by atomic mass is 9.95. The molecule has 0 aliphatic carbocycles. The number of fused-ring (bicyclic) bond motifs is 1. The van der Waals surface area contributed by atoms with E-state index in [1.54, 1.807) is 11.9 Å². The minimum atomic E-state index is -0.112. The first-order chi connectivity index (χ1) is 12.8. The van der Waals surface area contributed by atoms with Crippen molar-refractivity contribution < 1.29 is 14.6 Å². The Morgan fingerprint density at radius 3 is 2.81 bits per heavy atom. The summed E-state index contributed by atoms with van der Waals surface area (Å²) < 4.78 is 7.25. The molecule has 148 valence electrons. The molecule has 2 heterocycles. The van der Waals surface area contributed by atoms with Crippen LogP contribution in [0, 0.1) is 5.41 Å². The van der Waals surface area contributed by atoms with Crippen molar-refractivity contribution in [3.8, 4) is 0 Å². The fourth-order valence-electron chi connectivity index (χ4n) is 3.66. The van der Waals surface area contributed by atoms with Gasteiger partial charge < -0.3 is 14.7 Å². The second kappa shape index (κ2) is 8.27. The van der Waals surface area contributed by atoms with Gasteiger partial charge in [0.25, 0.3) is 5.91 Å². The zero-order chi connectivity index (χ0) is 19.6. The molecule has 6 heteroatoms. The number of ether oxygens (including phenoxy) is 1. The molecule has 1 aliphatic heterocycles. The van der Waals surface area contributed by atoms with Crippen molar-refractivity contribution in [1.82, 2.24) is 9.80 Å². The van der Waals surface area contributed by atoms with Crippen molar-refractivity contribution in [3.63, 3.8) is 0 Å². The van der Waals surface area contributed by atoms with E-state index in [1.165, 1.54) is 11.3 Å². The number of thiophene rings is 1. The number of aliphatic hydroxyl groups excluding tert-OH is 1. The lowest BCUT2D eigenvalue weighted by molar-refractivity contribution is -0.0383. The lowest BCUT2D eigenvalue weighted by Gasteiger charge is -2.37. The number of aliphatic hydroxyl groups is 1. The molecule has 0 unspecified atom stereocenters. The van der Waals surface area contributed by atoms with Crippen molar-refractivity contribution in [2.45, 2.75) is 26.9 Å². The molecule has 0 spiro atoms. The summed E-state index contributed by atoms with van der Waals surface area (Å²) in [7, 11) is 1.74. The summed E-state index contributed by atoms with van der Waals surface area (Å²) in [5, 5.41) is 10.3. The summed E-state index contributed by atoms with van der Waals surface area (Å²) in [4.78, 5) is 17.8. The quantitative estimate of drug-likeness (QED) is 0.850. The summed E-state index contributed by atoms with van der Waals surface area (Å²) in [6.07, 6.45) is -0.112. The van der Waals surface area contributed by atoms with E-state index >= 15 is 0 Å². The van der Waals surface area contributed by atoms with Crippen LogP contribution in [0.4, 0.5) is 0 Å². The van der Waals surface area contributed by atoms with Gasteiger partial charge in [-0.1, -0.05) is 39.0 Å². The number of hydrogen-bond acceptors (Lipinski definition) is 5. The number of benzene rings is 1. The molecule has 0 radical (unpaired) electrons. The van der Waals surface area contributed by atoms with Crippen LogP contribution in [0.15, 0.2) is 24.3 Å². The highest BCUT2D eigenvalue weighted by Crippen LogP contribution is 2.39. The van der Waals surface area contributed by atoms with Crippen molar-refractivity contribution in [3.05, 3.63) is 34.7 Å². The Hall–Kier alpha value is -1.47. The first kappa shape index (κ1) is 20.3. The maximum atomic E-state index is 13.0. The second-order valence-electron chi connectivity index (χ2n) is 8.45. The Bertz CT molecular complexity index is 796. The van der Waals surface area contributed by atoms with Crippen LogP contribution in [0.1, 0.15) is 42.1 Å². The van der Waals surface area contributed by atoms with E-state index in [2.05, 4.69) is 37.8 Å². The molecule has 1 N–H and O–H groups in total. The number of likely N-dealkylation sites (N-methyl/N-ethyl adjacent to an activating group) is 1. The highest BCUT2D eigenvalue weighted by molar-refractivity contribution is 7.21. The number of carbonyl (C=O) groups is 1. The molecule has 1 saturated heterocycles. The van der Waals surface area contributed by atoms with E-state index in [1.807, 2.05) is 12.1 Å². The van der Waals surface area contributed by atoms with Crippen LogP contribution in [0.2, 0.25) is 0 Å². The summed E-state index contributed by atoms with van der Waals surface area (Å²) in [6, 6.07) is 8.15. The number of rotatable bonds is 5. The average Bonchev–Trinajstić information content (AvgIpc) is 2.99. The fraction of sp³-hybridized carbons (Fsp3) is 0.571. The maximum absolute atomic E-state index is 13.0. The van der Waals surface area contributed by atoms with Gasteiger partial charge in [-0.2, -0.15) is 0 Å². The molecule has 1 fully saturated rings. The highest BCUT2D eigenvalue weighted by Gasteiger charge is 2.31. The van der Waals surface area contributed by atoms with Gasteiger partial charge >= 0.3 is 0 Å². The molecular weight excluding hydrogens is 360 g/mol. The molecule has 5 nitrogen and oxygen atoms in total. The largest absolute Gasteiger partial charge is 0.395 e. The predicted molar refractivity (Wildman–Crippen MR) is 110 cm³/mol. The Balaban J connectivity index is 1.96. The second-order valence-corrected chi connectivity index (χ2v) is 9.50. The van der Waals surface area contributed by atoms with E-state index in [0.717, 1.165) is 40.2 Å². The molecule has 3 rings (SSSR count). The summed E-state index contributed by atoms with van der Waals surface area (Å²) in [5.74, 6) is -0.0446. The SMILES string of the molecule is CN(CCO)C(=O)c1sc2ccccc2c1[C@H]1CN(CC(C)(C)C)CCO1. The van der Waals surface area contributed by atoms with Crippen LogP contribution < -0.4 is 0 Å². The molecule has 1 amide bonds. The minimum Gasteiger partial charge on any atom is -0.395 e. The minimum absolute atomic E-state index is 0.0399. The van der Waals surface area contributed by atoms with E-state index in [9.17, 15) is 9.90 Å². The van der Waals surface area contributed by atoms with Gasteiger partial charge in [0.05, 0.1) is 24.2 Å². The maximum Gasteiger partial charge on any atom is 0.264 e. The molecule has 1 aromatic heterocycles. The first-order valence-electron chi connectivity index (χ1n) is 9.52. The Kier molecular flexibility index (Phi) is 6.21.